The highest BCUT2D eigenvalue weighted by Crippen LogP contribution is 2.32. The van der Waals surface area contributed by atoms with Crippen molar-refractivity contribution in [2.75, 3.05) is 0 Å². The molecule has 1 aliphatic rings. The highest BCUT2D eigenvalue weighted by atomic mass is 16.3. The number of piperidine rings is 1. The number of para-hydroxylation sites is 1. The third-order valence-corrected chi connectivity index (χ3v) is 4.83. The van der Waals surface area contributed by atoms with Gasteiger partial charge >= 0.3 is 0 Å². The summed E-state index contributed by atoms with van der Waals surface area (Å²) in [7, 11) is 0. The summed E-state index contributed by atoms with van der Waals surface area (Å²) in [5.74, 6) is 0.248. The molecule has 0 radical (unpaired) electrons. The normalized spacial score (nSPS) is 18.2. The van der Waals surface area contributed by atoms with E-state index in [1.165, 1.54) is 19.3 Å². The Bertz CT molecular complexity index is 868. The zero-order chi connectivity index (χ0) is 18.8. The van der Waals surface area contributed by atoms with Gasteiger partial charge in [0.2, 0.25) is 0 Å². The molecule has 1 aromatic heterocycles. The number of nitrogens with zero attached hydrogens (tertiary/aromatic N) is 2. The quantitative estimate of drug-likeness (QED) is 0.596. The zero-order valence-corrected chi connectivity index (χ0v) is 16.0. The molecule has 1 fully saturated rings. The number of hydrogen-bond donors (Lipinski definition) is 3. The van der Waals surface area contributed by atoms with Crippen molar-refractivity contribution in [3.8, 4) is 16.9 Å². The Labute approximate surface area is 154 Å². The van der Waals surface area contributed by atoms with Crippen LogP contribution in [-0.4, -0.2) is 31.6 Å². The Morgan fingerprint density at radius 3 is 2.15 bits per heavy atom. The fourth-order valence-electron chi connectivity index (χ4n) is 3.80. The van der Waals surface area contributed by atoms with Gasteiger partial charge in [-0.05, 0) is 59.1 Å². The minimum Gasteiger partial charge on any atom is -0.507 e. The number of H-pyrrole nitrogens is 1. The Hall–Kier alpha value is -2.40. The van der Waals surface area contributed by atoms with Crippen LogP contribution in [0.3, 0.4) is 0 Å². The van der Waals surface area contributed by atoms with Crippen LogP contribution in [0.1, 0.15) is 47.0 Å². The van der Waals surface area contributed by atoms with Crippen molar-refractivity contribution in [2.45, 2.75) is 58.0 Å². The van der Waals surface area contributed by atoms with E-state index in [1.54, 1.807) is 12.1 Å². The van der Waals surface area contributed by atoms with Gasteiger partial charge in [-0.2, -0.15) is 0 Å². The molecule has 138 valence electrons. The van der Waals surface area contributed by atoms with Gasteiger partial charge in [-0.15, -0.1) is 5.10 Å². The predicted molar refractivity (Wildman–Crippen MR) is 106 cm³/mol. The van der Waals surface area contributed by atoms with E-state index >= 15 is 0 Å². The number of rotatable bonds is 1. The molecule has 1 saturated heterocycles. The molecule has 26 heavy (non-hydrogen) atoms. The van der Waals surface area contributed by atoms with Crippen molar-refractivity contribution in [3.63, 3.8) is 0 Å². The lowest BCUT2D eigenvalue weighted by molar-refractivity contribution is 0.183. The van der Waals surface area contributed by atoms with Crippen molar-refractivity contribution in [2.24, 2.45) is 0 Å². The molecule has 5 heteroatoms. The molecular formula is C21H28N4O. The number of fused-ring (bicyclic) bond motifs is 1. The first-order valence-electron chi connectivity index (χ1n) is 9.15. The highest BCUT2D eigenvalue weighted by molar-refractivity contribution is 5.92. The van der Waals surface area contributed by atoms with Gasteiger partial charge in [-0.1, -0.05) is 35.5 Å². The van der Waals surface area contributed by atoms with Gasteiger partial charge in [0.05, 0.1) is 5.52 Å². The number of phenols is 1. The van der Waals surface area contributed by atoms with E-state index in [2.05, 4.69) is 48.4 Å². The van der Waals surface area contributed by atoms with Crippen LogP contribution in [0.25, 0.3) is 22.2 Å². The fourth-order valence-corrected chi connectivity index (χ4v) is 3.80. The molecular weight excluding hydrogens is 324 g/mol. The summed E-state index contributed by atoms with van der Waals surface area (Å²) in [5, 5.41) is 24.0. The third-order valence-electron chi connectivity index (χ3n) is 4.83. The van der Waals surface area contributed by atoms with Crippen LogP contribution in [0.4, 0.5) is 0 Å². The average Bonchev–Trinajstić information content (AvgIpc) is 3.02. The number of aromatic nitrogens is 3. The van der Waals surface area contributed by atoms with Gasteiger partial charge in [0.25, 0.3) is 0 Å². The van der Waals surface area contributed by atoms with Crippen LogP contribution < -0.4 is 5.32 Å². The van der Waals surface area contributed by atoms with Crippen LogP contribution in [0, 0.1) is 0 Å². The Kier molecular flexibility index (Phi) is 5.01. The van der Waals surface area contributed by atoms with Crippen LogP contribution in [0.15, 0.2) is 42.5 Å². The Morgan fingerprint density at radius 1 is 0.885 bits per heavy atom. The molecule has 0 amide bonds. The minimum absolute atomic E-state index is 0.248. The van der Waals surface area contributed by atoms with Crippen molar-refractivity contribution in [3.05, 3.63) is 42.5 Å². The van der Waals surface area contributed by atoms with E-state index in [0.717, 1.165) is 22.2 Å². The van der Waals surface area contributed by atoms with Gasteiger partial charge < -0.3 is 10.4 Å². The lowest BCUT2D eigenvalue weighted by Gasteiger charge is -2.42. The largest absolute Gasteiger partial charge is 0.507 e. The topological polar surface area (TPSA) is 73.8 Å². The molecule has 1 aliphatic heterocycles. The van der Waals surface area contributed by atoms with Crippen molar-refractivity contribution >= 4 is 11.0 Å². The van der Waals surface area contributed by atoms with Gasteiger partial charge in [-0.25, -0.2) is 0 Å². The summed E-state index contributed by atoms with van der Waals surface area (Å²) >= 11 is 0. The van der Waals surface area contributed by atoms with Crippen LogP contribution in [0.5, 0.6) is 5.75 Å². The molecule has 0 unspecified atom stereocenters. The maximum Gasteiger partial charge on any atom is 0.123 e. The summed E-state index contributed by atoms with van der Waals surface area (Å²) in [6.45, 7) is 9.14. The predicted octanol–water partition coefficient (Wildman–Crippen LogP) is 4.65. The van der Waals surface area contributed by atoms with Crippen LogP contribution >= 0.6 is 0 Å². The molecule has 3 aromatic rings. The minimum atomic E-state index is 0.248. The number of benzene rings is 2. The number of nitrogens with one attached hydrogen (secondary N) is 2. The highest BCUT2D eigenvalue weighted by Gasteiger charge is 2.31. The molecule has 3 N–H and O–H groups in total. The van der Waals surface area contributed by atoms with Crippen LogP contribution in [-0.2, 0) is 0 Å². The summed E-state index contributed by atoms with van der Waals surface area (Å²) in [6.07, 6.45) is 4.00. The molecule has 2 heterocycles. The molecule has 0 bridgehead atoms. The molecule has 5 nitrogen and oxygen atoms in total. The SMILES string of the molecule is CC1(C)CCCC(C)(C)N1.Oc1ccccc1-c1cccc2[nH]nnc12. The molecule has 0 saturated carbocycles. The lowest BCUT2D eigenvalue weighted by atomic mass is 9.83. The molecule has 4 rings (SSSR count). The van der Waals surface area contributed by atoms with Crippen LogP contribution in [0.2, 0.25) is 0 Å². The maximum absolute atomic E-state index is 9.80. The van der Waals surface area contributed by atoms with E-state index in [-0.39, 0.29) is 5.75 Å². The van der Waals surface area contributed by atoms with E-state index in [0.29, 0.717) is 11.1 Å². The van der Waals surface area contributed by atoms with E-state index in [1.807, 2.05) is 30.3 Å². The van der Waals surface area contributed by atoms with E-state index in [4.69, 9.17) is 0 Å². The Morgan fingerprint density at radius 2 is 1.54 bits per heavy atom. The number of hydrogen-bond acceptors (Lipinski definition) is 4. The lowest BCUT2D eigenvalue weighted by Crippen LogP contribution is -2.55. The molecule has 0 aliphatic carbocycles. The summed E-state index contributed by atoms with van der Waals surface area (Å²) in [5.41, 5.74) is 4.00. The fraction of sp³-hybridized carbons (Fsp3) is 0.429. The van der Waals surface area contributed by atoms with Gasteiger partial charge in [0.1, 0.15) is 11.3 Å². The van der Waals surface area contributed by atoms with Crippen molar-refractivity contribution in [1.29, 1.82) is 0 Å². The second-order valence-corrected chi connectivity index (χ2v) is 8.28. The summed E-state index contributed by atoms with van der Waals surface area (Å²) in [6, 6.07) is 12.9. The Balaban J connectivity index is 0.000000170. The monoisotopic (exact) mass is 352 g/mol. The van der Waals surface area contributed by atoms with Crippen molar-refractivity contribution < 1.29 is 5.11 Å². The first kappa shape index (κ1) is 18.4. The zero-order valence-electron chi connectivity index (χ0n) is 16.0. The van der Waals surface area contributed by atoms with E-state index in [9.17, 15) is 5.11 Å². The standard InChI is InChI=1S/C12H9N3O.C9H19N/c16-11-7-2-1-4-8(11)9-5-3-6-10-12(9)14-15-13-10;1-8(2)6-5-7-9(3,4)10-8/h1-7,16H,(H,13,14,15);10H,5-7H2,1-4H3. The average molecular weight is 352 g/mol. The number of aromatic amines is 1. The second-order valence-electron chi connectivity index (χ2n) is 8.28. The van der Waals surface area contributed by atoms with Crippen molar-refractivity contribution in [1.82, 2.24) is 20.7 Å². The molecule has 2 aromatic carbocycles. The third kappa shape index (κ3) is 4.22. The summed E-state index contributed by atoms with van der Waals surface area (Å²) < 4.78 is 0. The summed E-state index contributed by atoms with van der Waals surface area (Å²) in [4.78, 5) is 0. The number of phenolic OH excluding ortho intramolecular Hbond substituents is 1. The molecule has 0 atom stereocenters. The maximum atomic E-state index is 9.80. The first-order valence-corrected chi connectivity index (χ1v) is 9.15. The first-order chi connectivity index (χ1) is 12.3. The molecule has 0 spiro atoms. The van der Waals surface area contributed by atoms with E-state index < -0.39 is 0 Å². The smallest absolute Gasteiger partial charge is 0.123 e. The second kappa shape index (κ2) is 7.08. The number of aromatic hydroxyl groups is 1. The van der Waals surface area contributed by atoms with Gasteiger partial charge in [0.15, 0.2) is 0 Å². The van der Waals surface area contributed by atoms with Gasteiger partial charge in [-0.3, -0.25) is 5.10 Å². The van der Waals surface area contributed by atoms with Gasteiger partial charge in [0, 0.05) is 22.2 Å².